The first-order valence-corrected chi connectivity index (χ1v) is 3.80. The van der Waals surface area contributed by atoms with E-state index < -0.39 is 0 Å². The van der Waals surface area contributed by atoms with Crippen LogP contribution in [0.3, 0.4) is 0 Å². The Bertz CT molecular complexity index is 132. The van der Waals surface area contributed by atoms with Crippen molar-refractivity contribution < 1.29 is 0 Å². The van der Waals surface area contributed by atoms with Crippen molar-refractivity contribution in [1.82, 2.24) is 0 Å². The van der Waals surface area contributed by atoms with Crippen molar-refractivity contribution in [2.24, 2.45) is 11.8 Å². The molecule has 0 N–H and O–H groups in total. The van der Waals surface area contributed by atoms with Crippen LogP contribution in [0.5, 0.6) is 0 Å². The summed E-state index contributed by atoms with van der Waals surface area (Å²) in [6, 6.07) is 0. The standard InChI is InChI=1S/C9H14/c1-3-5-8(4-2)9-6-7-9/h8-9H,4,6-7H2,1-2H3. The molecule has 0 nitrogen and oxygen atoms in total. The Morgan fingerprint density at radius 2 is 2.22 bits per heavy atom. The van der Waals surface area contributed by atoms with Gasteiger partial charge in [-0.3, -0.25) is 0 Å². The van der Waals surface area contributed by atoms with Crippen molar-refractivity contribution in [3.63, 3.8) is 0 Å². The highest BCUT2D eigenvalue weighted by atomic mass is 14.3. The maximum Gasteiger partial charge on any atom is 0.0228 e. The molecule has 0 aromatic carbocycles. The zero-order valence-electron chi connectivity index (χ0n) is 6.28. The van der Waals surface area contributed by atoms with E-state index in [1.807, 2.05) is 6.92 Å². The minimum atomic E-state index is 0.718. The van der Waals surface area contributed by atoms with Crippen molar-refractivity contribution in [3.05, 3.63) is 0 Å². The molecule has 0 spiro atoms. The second-order valence-electron chi connectivity index (χ2n) is 2.75. The monoisotopic (exact) mass is 122 g/mol. The van der Waals surface area contributed by atoms with Crippen molar-refractivity contribution in [2.45, 2.75) is 33.1 Å². The molecule has 0 aliphatic heterocycles. The molecule has 0 heteroatoms. The van der Waals surface area contributed by atoms with Crippen LogP contribution in [0.15, 0.2) is 0 Å². The summed E-state index contributed by atoms with van der Waals surface area (Å²) < 4.78 is 0. The summed E-state index contributed by atoms with van der Waals surface area (Å²) in [6.07, 6.45) is 4.09. The van der Waals surface area contributed by atoms with Gasteiger partial charge >= 0.3 is 0 Å². The Hall–Kier alpha value is -0.440. The third kappa shape index (κ3) is 1.75. The van der Waals surface area contributed by atoms with Gasteiger partial charge in [0.1, 0.15) is 0 Å². The first-order chi connectivity index (χ1) is 4.38. The molecule has 1 fully saturated rings. The van der Waals surface area contributed by atoms with E-state index in [0.29, 0.717) is 0 Å². The molecule has 0 aromatic rings. The zero-order chi connectivity index (χ0) is 6.69. The van der Waals surface area contributed by atoms with Crippen LogP contribution < -0.4 is 0 Å². The van der Waals surface area contributed by atoms with Crippen LogP contribution in [0, 0.1) is 23.7 Å². The van der Waals surface area contributed by atoms with Gasteiger partial charge in [-0.2, -0.15) is 0 Å². The highest BCUT2D eigenvalue weighted by molar-refractivity contribution is 5.05. The van der Waals surface area contributed by atoms with Crippen molar-refractivity contribution in [2.75, 3.05) is 0 Å². The average molecular weight is 122 g/mol. The summed E-state index contributed by atoms with van der Waals surface area (Å²) in [5.41, 5.74) is 0. The minimum Gasteiger partial charge on any atom is -0.106 e. The summed E-state index contributed by atoms with van der Waals surface area (Å²) in [7, 11) is 0. The number of hydrogen-bond donors (Lipinski definition) is 0. The van der Waals surface area contributed by atoms with Gasteiger partial charge in [-0.05, 0) is 32.1 Å². The first kappa shape index (κ1) is 6.68. The lowest BCUT2D eigenvalue weighted by Gasteiger charge is -2.02. The molecule has 0 aromatic heterocycles. The molecule has 0 saturated heterocycles. The Morgan fingerprint density at radius 3 is 2.56 bits per heavy atom. The molecule has 1 aliphatic rings. The summed E-state index contributed by atoms with van der Waals surface area (Å²) in [5.74, 6) is 7.91. The Labute approximate surface area is 57.7 Å². The van der Waals surface area contributed by atoms with Crippen molar-refractivity contribution in [1.29, 1.82) is 0 Å². The molecule has 9 heavy (non-hydrogen) atoms. The molecule has 1 aliphatic carbocycles. The van der Waals surface area contributed by atoms with Gasteiger partial charge in [-0.25, -0.2) is 0 Å². The quantitative estimate of drug-likeness (QED) is 0.493. The van der Waals surface area contributed by atoms with Gasteiger partial charge in [-0.1, -0.05) is 12.8 Å². The second kappa shape index (κ2) is 2.92. The van der Waals surface area contributed by atoms with Gasteiger partial charge in [0, 0.05) is 5.92 Å². The van der Waals surface area contributed by atoms with Gasteiger partial charge in [0.25, 0.3) is 0 Å². The highest BCUT2D eigenvalue weighted by Gasteiger charge is 2.28. The lowest BCUT2D eigenvalue weighted by Crippen LogP contribution is -1.95. The SMILES string of the molecule is CC#CC(CC)C1CC1. The van der Waals surface area contributed by atoms with Crippen LogP contribution >= 0.6 is 0 Å². The maximum atomic E-state index is 3.24. The van der Waals surface area contributed by atoms with E-state index in [4.69, 9.17) is 0 Å². The van der Waals surface area contributed by atoms with Crippen LogP contribution in [0.1, 0.15) is 33.1 Å². The fraction of sp³-hybridized carbons (Fsp3) is 0.778. The molecule has 1 atom stereocenters. The molecule has 1 saturated carbocycles. The molecule has 0 heterocycles. The molecule has 1 rings (SSSR count). The third-order valence-corrected chi connectivity index (χ3v) is 1.96. The summed E-state index contributed by atoms with van der Waals surface area (Å²) in [6.45, 7) is 4.17. The normalized spacial score (nSPS) is 20.2. The van der Waals surface area contributed by atoms with Crippen molar-refractivity contribution >= 4 is 0 Å². The smallest absolute Gasteiger partial charge is 0.0228 e. The first-order valence-electron chi connectivity index (χ1n) is 3.80. The Kier molecular flexibility index (Phi) is 2.16. The van der Waals surface area contributed by atoms with E-state index in [1.165, 1.54) is 19.3 Å². The minimum absolute atomic E-state index is 0.718. The summed E-state index contributed by atoms with van der Waals surface area (Å²) in [4.78, 5) is 0. The van der Waals surface area contributed by atoms with E-state index in [2.05, 4.69) is 18.8 Å². The van der Waals surface area contributed by atoms with Gasteiger partial charge in [0.05, 0.1) is 0 Å². The van der Waals surface area contributed by atoms with E-state index in [1.54, 1.807) is 0 Å². The van der Waals surface area contributed by atoms with Crippen LogP contribution in [0.25, 0.3) is 0 Å². The molecule has 0 amide bonds. The van der Waals surface area contributed by atoms with Crippen LogP contribution in [-0.4, -0.2) is 0 Å². The van der Waals surface area contributed by atoms with E-state index in [0.717, 1.165) is 11.8 Å². The van der Waals surface area contributed by atoms with Gasteiger partial charge in [0.15, 0.2) is 0 Å². The fourth-order valence-electron chi connectivity index (χ4n) is 1.24. The van der Waals surface area contributed by atoms with Crippen molar-refractivity contribution in [3.8, 4) is 11.8 Å². The fourth-order valence-corrected chi connectivity index (χ4v) is 1.24. The maximum absolute atomic E-state index is 3.24. The van der Waals surface area contributed by atoms with Gasteiger partial charge < -0.3 is 0 Å². The Morgan fingerprint density at radius 1 is 1.56 bits per heavy atom. The Balaban J connectivity index is 2.34. The van der Waals surface area contributed by atoms with Crippen LogP contribution in [-0.2, 0) is 0 Å². The molecule has 0 radical (unpaired) electrons. The largest absolute Gasteiger partial charge is 0.106 e. The molecule has 0 bridgehead atoms. The molecular weight excluding hydrogens is 108 g/mol. The van der Waals surface area contributed by atoms with E-state index in [9.17, 15) is 0 Å². The summed E-state index contributed by atoms with van der Waals surface area (Å²) in [5, 5.41) is 0. The lowest BCUT2D eigenvalue weighted by atomic mass is 10.0. The predicted octanol–water partition coefficient (Wildman–Crippen LogP) is 2.45. The average Bonchev–Trinajstić information content (AvgIpc) is 2.64. The molecule has 1 unspecified atom stereocenters. The molecular formula is C9H14. The van der Waals surface area contributed by atoms with Gasteiger partial charge in [-0.15, -0.1) is 5.92 Å². The predicted molar refractivity (Wildman–Crippen MR) is 40.0 cm³/mol. The van der Waals surface area contributed by atoms with Crippen LogP contribution in [0.4, 0.5) is 0 Å². The highest BCUT2D eigenvalue weighted by Crippen LogP contribution is 2.37. The summed E-state index contributed by atoms with van der Waals surface area (Å²) >= 11 is 0. The second-order valence-corrected chi connectivity index (χ2v) is 2.75. The number of rotatable bonds is 2. The lowest BCUT2D eigenvalue weighted by molar-refractivity contribution is 0.570. The molecule has 50 valence electrons. The zero-order valence-corrected chi connectivity index (χ0v) is 6.28. The van der Waals surface area contributed by atoms with Gasteiger partial charge in [0.2, 0.25) is 0 Å². The number of hydrogen-bond acceptors (Lipinski definition) is 0. The third-order valence-electron chi connectivity index (χ3n) is 1.96. The van der Waals surface area contributed by atoms with E-state index >= 15 is 0 Å². The van der Waals surface area contributed by atoms with E-state index in [-0.39, 0.29) is 0 Å². The topological polar surface area (TPSA) is 0 Å². The van der Waals surface area contributed by atoms with Crippen LogP contribution in [0.2, 0.25) is 0 Å².